The molecule has 4 aliphatic rings. The second-order valence-corrected chi connectivity index (χ2v) is 13.3. The van der Waals surface area contributed by atoms with Gasteiger partial charge in [-0.15, -0.1) is 11.8 Å². The molecule has 228 valence electrons. The first-order valence-corrected chi connectivity index (χ1v) is 16.8. The van der Waals surface area contributed by atoms with Gasteiger partial charge in [0.05, 0.1) is 17.9 Å². The summed E-state index contributed by atoms with van der Waals surface area (Å²) in [5.41, 5.74) is 0.778. The molecule has 1 saturated carbocycles. The van der Waals surface area contributed by atoms with Gasteiger partial charge in [-0.2, -0.15) is 0 Å². The van der Waals surface area contributed by atoms with Crippen LogP contribution in [-0.4, -0.2) is 77.7 Å². The summed E-state index contributed by atoms with van der Waals surface area (Å²) in [7, 11) is 2.07. The maximum atomic E-state index is 14.2. The van der Waals surface area contributed by atoms with Crippen LogP contribution in [0.1, 0.15) is 44.1 Å². The largest absolute Gasteiger partial charge is 0.359 e. The van der Waals surface area contributed by atoms with E-state index in [1.807, 2.05) is 60.9 Å². The summed E-state index contributed by atoms with van der Waals surface area (Å²) in [6, 6.07) is 17.3. The summed E-state index contributed by atoms with van der Waals surface area (Å²) in [5, 5.41) is 6.31. The van der Waals surface area contributed by atoms with Crippen LogP contribution in [0.3, 0.4) is 0 Å². The molecule has 2 aromatic rings. The summed E-state index contributed by atoms with van der Waals surface area (Å²) >= 11 is 1.60. The zero-order chi connectivity index (χ0) is 30.0. The van der Waals surface area contributed by atoms with Crippen molar-refractivity contribution < 1.29 is 19.1 Å². The fourth-order valence-corrected chi connectivity index (χ4v) is 7.91. The van der Waals surface area contributed by atoms with Gasteiger partial charge < -0.3 is 25.2 Å². The van der Waals surface area contributed by atoms with Crippen molar-refractivity contribution in [2.24, 2.45) is 11.8 Å². The number of hydrogen-bond donors (Lipinski definition) is 2. The number of nitrogens with zero attached hydrogens (tertiary/aromatic N) is 2. The lowest BCUT2D eigenvalue weighted by Crippen LogP contribution is -2.56. The summed E-state index contributed by atoms with van der Waals surface area (Å²) in [6.07, 6.45) is 11.2. The fourth-order valence-electron chi connectivity index (χ4n) is 7.45. The Labute approximate surface area is 258 Å². The highest BCUT2D eigenvalue weighted by atomic mass is 32.2. The number of rotatable bonds is 11. The predicted molar refractivity (Wildman–Crippen MR) is 168 cm³/mol. The molecule has 8 nitrogen and oxygen atoms in total. The van der Waals surface area contributed by atoms with E-state index in [4.69, 9.17) is 4.74 Å². The zero-order valence-electron chi connectivity index (χ0n) is 25.0. The third kappa shape index (κ3) is 5.99. The van der Waals surface area contributed by atoms with E-state index in [2.05, 4.69) is 34.7 Å². The number of ether oxygens (including phenoxy) is 1. The van der Waals surface area contributed by atoms with Gasteiger partial charge in [0.2, 0.25) is 17.7 Å². The predicted octanol–water partition coefficient (Wildman–Crippen LogP) is 4.47. The zero-order valence-corrected chi connectivity index (χ0v) is 25.9. The Morgan fingerprint density at radius 1 is 1.07 bits per heavy atom. The van der Waals surface area contributed by atoms with E-state index >= 15 is 0 Å². The molecule has 2 saturated heterocycles. The molecule has 2 bridgehead atoms. The van der Waals surface area contributed by atoms with E-state index in [-0.39, 0.29) is 23.8 Å². The first-order chi connectivity index (χ1) is 20.9. The minimum absolute atomic E-state index is 0.107. The molecule has 3 aliphatic heterocycles. The maximum Gasteiger partial charge on any atom is 0.246 e. The van der Waals surface area contributed by atoms with Crippen molar-refractivity contribution in [2.45, 2.75) is 73.8 Å². The molecule has 5 atom stereocenters. The molecular formula is C34H42N4O4S. The number of benzene rings is 2. The van der Waals surface area contributed by atoms with Gasteiger partial charge in [0, 0.05) is 29.7 Å². The van der Waals surface area contributed by atoms with E-state index in [0.717, 1.165) is 43.7 Å². The molecule has 5 unspecified atom stereocenters. The van der Waals surface area contributed by atoms with Crippen LogP contribution in [-0.2, 0) is 25.7 Å². The Morgan fingerprint density at radius 3 is 2.63 bits per heavy atom. The monoisotopic (exact) mass is 602 g/mol. The van der Waals surface area contributed by atoms with Gasteiger partial charge >= 0.3 is 0 Å². The van der Waals surface area contributed by atoms with Gasteiger partial charge in [0.1, 0.15) is 11.6 Å². The number of hydrogen-bond acceptors (Lipinski definition) is 6. The molecule has 1 spiro atoms. The van der Waals surface area contributed by atoms with E-state index in [1.165, 1.54) is 12.0 Å². The molecule has 43 heavy (non-hydrogen) atoms. The fraction of sp³-hybridized carbons (Fsp3) is 0.500. The Bertz CT molecular complexity index is 1360. The topological polar surface area (TPSA) is 91.0 Å². The van der Waals surface area contributed by atoms with Gasteiger partial charge in [-0.05, 0) is 62.9 Å². The molecule has 0 aromatic heterocycles. The lowest BCUT2D eigenvalue weighted by atomic mass is 9.74. The van der Waals surface area contributed by atoms with Crippen LogP contribution in [0.15, 0.2) is 71.6 Å². The minimum Gasteiger partial charge on any atom is -0.359 e. The second kappa shape index (κ2) is 12.8. The number of anilines is 1. The first kappa shape index (κ1) is 29.9. The van der Waals surface area contributed by atoms with Crippen molar-refractivity contribution in [3.8, 4) is 0 Å². The molecule has 2 N–H and O–H groups in total. The number of nitrogens with one attached hydrogen (secondary N) is 2. The smallest absolute Gasteiger partial charge is 0.246 e. The van der Waals surface area contributed by atoms with Crippen molar-refractivity contribution >= 4 is 35.2 Å². The van der Waals surface area contributed by atoms with Crippen molar-refractivity contribution in [3.05, 3.63) is 72.3 Å². The summed E-state index contributed by atoms with van der Waals surface area (Å²) < 4.78 is 6.52. The Hall–Kier alpha value is -3.14. The molecule has 9 heteroatoms. The van der Waals surface area contributed by atoms with Crippen molar-refractivity contribution in [2.75, 3.05) is 31.7 Å². The highest BCUT2D eigenvalue weighted by Gasteiger charge is 2.72. The number of carbonyl (C=O) groups is 3. The molecule has 3 amide bonds. The number of fused-ring (bicyclic) bond motifs is 1. The third-order valence-electron chi connectivity index (χ3n) is 9.45. The van der Waals surface area contributed by atoms with Gasteiger partial charge in [0.15, 0.2) is 0 Å². The summed E-state index contributed by atoms with van der Waals surface area (Å²) in [4.78, 5) is 47.0. The van der Waals surface area contributed by atoms with Crippen molar-refractivity contribution in [1.82, 2.24) is 15.1 Å². The molecule has 6 rings (SSSR count). The van der Waals surface area contributed by atoms with Gasteiger partial charge in [-0.25, -0.2) is 0 Å². The van der Waals surface area contributed by atoms with E-state index in [0.29, 0.717) is 18.7 Å². The standard InChI is InChI=1S/C34H42N4O4S/c1-37(22-23-11-5-3-6-12-23)19-10-20-38-30(32(40)35-24-13-7-4-8-14-24)34-18-17-27(42-34)28(29(34)33(38)41)31(39)36-25-15-9-16-26(21-25)43-2/h3,5-6,9,11-12,15-18,21,24,27-30H,4,7-8,10,13-14,19-20,22H2,1-2H3,(H,35,40)(H,36,39). The second-order valence-electron chi connectivity index (χ2n) is 12.4. The van der Waals surface area contributed by atoms with E-state index in [1.54, 1.807) is 16.7 Å². The Kier molecular flexibility index (Phi) is 8.93. The normalized spacial score (nSPS) is 28.0. The summed E-state index contributed by atoms with van der Waals surface area (Å²) in [5.74, 6) is -2.02. The van der Waals surface area contributed by atoms with Crippen LogP contribution < -0.4 is 10.6 Å². The quantitative estimate of drug-likeness (QED) is 0.292. The number of likely N-dealkylation sites (tertiary alicyclic amines) is 1. The average molecular weight is 603 g/mol. The molecular weight excluding hydrogens is 560 g/mol. The molecule has 2 aromatic carbocycles. The Balaban J connectivity index is 1.21. The summed E-state index contributed by atoms with van der Waals surface area (Å²) in [6.45, 7) is 1.99. The maximum absolute atomic E-state index is 14.2. The molecule has 3 fully saturated rings. The van der Waals surface area contributed by atoms with Crippen molar-refractivity contribution in [3.63, 3.8) is 0 Å². The number of thioether (sulfide) groups is 1. The van der Waals surface area contributed by atoms with Crippen LogP contribution in [0, 0.1) is 11.8 Å². The first-order valence-electron chi connectivity index (χ1n) is 15.5. The molecule has 3 heterocycles. The SMILES string of the molecule is CSc1cccc(NC(=O)C2C3C=CC4(O3)C2C(=O)N(CCCN(C)Cc2ccccc2)C4C(=O)NC2CCCCC2)c1. The highest BCUT2D eigenvalue weighted by Crippen LogP contribution is 2.55. The molecule has 0 radical (unpaired) electrons. The number of amides is 3. The molecule has 1 aliphatic carbocycles. The number of carbonyl (C=O) groups excluding carboxylic acids is 3. The van der Waals surface area contributed by atoms with Gasteiger partial charge in [0.25, 0.3) is 0 Å². The average Bonchev–Trinajstić information content (AvgIpc) is 3.65. The van der Waals surface area contributed by atoms with Crippen molar-refractivity contribution in [1.29, 1.82) is 0 Å². The minimum atomic E-state index is -1.14. The lowest BCUT2D eigenvalue weighted by Gasteiger charge is -2.34. The van der Waals surface area contributed by atoms with Crippen LogP contribution in [0.5, 0.6) is 0 Å². The van der Waals surface area contributed by atoms with Gasteiger partial charge in [-0.3, -0.25) is 14.4 Å². The third-order valence-corrected chi connectivity index (χ3v) is 10.2. The van der Waals surface area contributed by atoms with Crippen LogP contribution in [0.4, 0.5) is 5.69 Å². The van der Waals surface area contributed by atoms with Crippen LogP contribution >= 0.6 is 11.8 Å². The van der Waals surface area contributed by atoms with Crippen LogP contribution in [0.25, 0.3) is 0 Å². The van der Waals surface area contributed by atoms with E-state index in [9.17, 15) is 14.4 Å². The van der Waals surface area contributed by atoms with E-state index < -0.39 is 29.6 Å². The lowest BCUT2D eigenvalue weighted by molar-refractivity contribution is -0.141. The van der Waals surface area contributed by atoms with Crippen LogP contribution in [0.2, 0.25) is 0 Å². The highest BCUT2D eigenvalue weighted by molar-refractivity contribution is 7.98. The van der Waals surface area contributed by atoms with Gasteiger partial charge in [-0.1, -0.05) is 67.8 Å². The Morgan fingerprint density at radius 2 is 1.86 bits per heavy atom.